The topological polar surface area (TPSA) is 60.7 Å². The number of aromatic nitrogens is 4. The van der Waals surface area contributed by atoms with Gasteiger partial charge >= 0.3 is 5.69 Å². The van der Waals surface area contributed by atoms with Crippen LogP contribution in [0.4, 0.5) is 13.2 Å². The zero-order valence-corrected chi connectivity index (χ0v) is 14.3. The maximum absolute atomic E-state index is 14.0. The quantitative estimate of drug-likeness (QED) is 0.490. The highest BCUT2D eigenvalue weighted by molar-refractivity contribution is 6.34. The molecule has 3 aromatic rings. The Kier molecular flexibility index (Phi) is 4.20. The Labute approximate surface area is 149 Å². The fourth-order valence-electron chi connectivity index (χ4n) is 2.42. The van der Waals surface area contributed by atoms with Gasteiger partial charge < -0.3 is 0 Å². The summed E-state index contributed by atoms with van der Waals surface area (Å²) in [4.78, 5) is 23.4. The molecule has 0 N–H and O–H groups in total. The molecule has 0 atom stereocenters. The van der Waals surface area contributed by atoms with Crippen LogP contribution in [0, 0.1) is 12.7 Å². The molecule has 0 aromatic carbocycles. The van der Waals surface area contributed by atoms with E-state index < -0.39 is 28.3 Å². The second kappa shape index (κ2) is 5.96. The van der Waals surface area contributed by atoms with E-state index in [-0.39, 0.29) is 21.9 Å². The molecule has 0 bridgehead atoms. The van der Waals surface area contributed by atoms with Crippen molar-refractivity contribution in [2.75, 3.05) is 0 Å². The summed E-state index contributed by atoms with van der Waals surface area (Å²) >= 11 is 11.6. The van der Waals surface area contributed by atoms with E-state index in [0.29, 0.717) is 12.5 Å². The molecule has 0 fully saturated rings. The van der Waals surface area contributed by atoms with Crippen LogP contribution >= 0.6 is 23.2 Å². The molecular weight excluding hydrogens is 380 g/mol. The lowest BCUT2D eigenvalue weighted by Crippen LogP contribution is -2.27. The minimum atomic E-state index is -3.35. The Bertz CT molecular complexity index is 1060. The first kappa shape index (κ1) is 17.6. The average molecular weight is 389 g/mol. The molecule has 130 valence electrons. The first-order chi connectivity index (χ1) is 11.6. The van der Waals surface area contributed by atoms with Crippen LogP contribution in [0.25, 0.3) is 16.7 Å². The van der Waals surface area contributed by atoms with Gasteiger partial charge in [0.25, 0.3) is 5.92 Å². The normalized spacial score (nSPS) is 12.0. The van der Waals surface area contributed by atoms with E-state index in [1.165, 1.54) is 19.2 Å². The lowest BCUT2D eigenvalue weighted by atomic mass is 10.1. The van der Waals surface area contributed by atoms with Crippen LogP contribution in [-0.2, 0) is 5.92 Å². The number of rotatable bonds is 2. The van der Waals surface area contributed by atoms with E-state index in [4.69, 9.17) is 23.2 Å². The van der Waals surface area contributed by atoms with Crippen LogP contribution in [0.5, 0.6) is 0 Å². The molecule has 0 amide bonds. The van der Waals surface area contributed by atoms with E-state index >= 15 is 0 Å². The minimum Gasteiger partial charge on any atom is -0.253 e. The Balaban J connectivity index is 2.55. The molecule has 0 unspecified atom stereocenters. The summed E-state index contributed by atoms with van der Waals surface area (Å²) in [6.07, 6.45) is 1.20. The lowest BCUT2D eigenvalue weighted by Gasteiger charge is -2.19. The smallest absolute Gasteiger partial charge is 0.253 e. The molecule has 3 rings (SSSR count). The molecular formula is C15H9Cl2F3N4O. The van der Waals surface area contributed by atoms with Crippen LogP contribution in [0.3, 0.4) is 0 Å². The van der Waals surface area contributed by atoms with Gasteiger partial charge in [-0.2, -0.15) is 13.8 Å². The molecule has 0 saturated carbocycles. The lowest BCUT2D eigenvalue weighted by molar-refractivity contribution is 0.0127. The molecule has 0 saturated heterocycles. The van der Waals surface area contributed by atoms with Gasteiger partial charge in [-0.25, -0.2) is 18.7 Å². The van der Waals surface area contributed by atoms with Crippen molar-refractivity contribution in [2.45, 2.75) is 19.8 Å². The number of fused-ring (bicyclic) bond motifs is 1. The molecule has 5 nitrogen and oxygen atoms in total. The Morgan fingerprint density at radius 1 is 1.20 bits per heavy atom. The molecule has 0 aliphatic rings. The van der Waals surface area contributed by atoms with Crippen molar-refractivity contribution < 1.29 is 13.2 Å². The summed E-state index contributed by atoms with van der Waals surface area (Å²) in [7, 11) is 0. The van der Waals surface area contributed by atoms with Crippen LogP contribution in [-0.4, -0.2) is 19.5 Å². The fraction of sp³-hybridized carbons (Fsp3) is 0.200. The highest BCUT2D eigenvalue weighted by Crippen LogP contribution is 2.33. The monoisotopic (exact) mass is 388 g/mol. The average Bonchev–Trinajstić information content (AvgIpc) is 2.50. The molecule has 0 radical (unpaired) electrons. The summed E-state index contributed by atoms with van der Waals surface area (Å²) in [5, 5.41) is -0.892. The second-order valence-electron chi connectivity index (χ2n) is 5.37. The molecule has 0 spiro atoms. The number of hydrogen-bond donors (Lipinski definition) is 0. The third-order valence-electron chi connectivity index (χ3n) is 3.50. The van der Waals surface area contributed by atoms with Gasteiger partial charge in [-0.3, -0.25) is 4.98 Å². The standard InChI is InChI=1S/C15H9Cl2F3N4O/c1-6-3-4-21-10(15(2,19)20)9(6)24-13-7(11(16)23-14(24)25)5-8(18)12(17)22-13/h3-5H,1-2H3. The zero-order chi connectivity index (χ0) is 18.5. The summed E-state index contributed by atoms with van der Waals surface area (Å²) in [5.41, 5.74) is -1.69. The largest absolute Gasteiger partial charge is 0.355 e. The van der Waals surface area contributed by atoms with Crippen LogP contribution in [0.2, 0.25) is 10.3 Å². The van der Waals surface area contributed by atoms with Gasteiger partial charge in [-0.1, -0.05) is 23.2 Å². The van der Waals surface area contributed by atoms with Gasteiger partial charge in [0.2, 0.25) is 0 Å². The van der Waals surface area contributed by atoms with Crippen molar-refractivity contribution >= 4 is 34.2 Å². The molecule has 25 heavy (non-hydrogen) atoms. The SMILES string of the molecule is Cc1ccnc(C(C)(F)F)c1-n1c(=O)nc(Cl)c2cc(F)c(Cl)nc21. The number of aryl methyl sites for hydroxylation is 1. The summed E-state index contributed by atoms with van der Waals surface area (Å²) < 4.78 is 42.5. The molecule has 3 heterocycles. The van der Waals surface area contributed by atoms with Gasteiger partial charge in [0.15, 0.2) is 16.6 Å². The number of halogens is 5. The van der Waals surface area contributed by atoms with E-state index in [2.05, 4.69) is 15.0 Å². The van der Waals surface area contributed by atoms with Crippen molar-refractivity contribution in [3.05, 3.63) is 56.2 Å². The Morgan fingerprint density at radius 3 is 2.52 bits per heavy atom. The number of hydrogen-bond acceptors (Lipinski definition) is 4. The van der Waals surface area contributed by atoms with Gasteiger partial charge in [-0.05, 0) is 24.6 Å². The third kappa shape index (κ3) is 2.96. The first-order valence-electron chi connectivity index (χ1n) is 6.90. The van der Waals surface area contributed by atoms with Crippen molar-refractivity contribution in [1.82, 2.24) is 19.5 Å². The Morgan fingerprint density at radius 2 is 1.88 bits per heavy atom. The van der Waals surface area contributed by atoms with Gasteiger partial charge in [0.05, 0.1) is 11.1 Å². The van der Waals surface area contributed by atoms with E-state index in [1.54, 1.807) is 0 Å². The predicted octanol–water partition coefficient (Wildman–Crippen LogP) is 4.04. The summed E-state index contributed by atoms with van der Waals surface area (Å²) in [6.45, 7) is 2.17. The maximum atomic E-state index is 14.0. The molecule has 3 aromatic heterocycles. The summed E-state index contributed by atoms with van der Waals surface area (Å²) in [6, 6.07) is 2.38. The van der Waals surface area contributed by atoms with E-state index in [9.17, 15) is 18.0 Å². The van der Waals surface area contributed by atoms with Crippen molar-refractivity contribution in [3.8, 4) is 5.69 Å². The summed E-state index contributed by atoms with van der Waals surface area (Å²) in [5.74, 6) is -4.23. The molecule has 0 aliphatic heterocycles. The van der Waals surface area contributed by atoms with Crippen LogP contribution in [0.1, 0.15) is 18.2 Å². The maximum Gasteiger partial charge on any atom is 0.355 e. The van der Waals surface area contributed by atoms with Crippen LogP contribution < -0.4 is 5.69 Å². The molecule has 0 aliphatic carbocycles. The second-order valence-corrected chi connectivity index (χ2v) is 6.08. The van der Waals surface area contributed by atoms with Gasteiger partial charge in [0, 0.05) is 13.1 Å². The predicted molar refractivity (Wildman–Crippen MR) is 87.2 cm³/mol. The highest BCUT2D eigenvalue weighted by Gasteiger charge is 2.32. The van der Waals surface area contributed by atoms with Crippen molar-refractivity contribution in [2.24, 2.45) is 0 Å². The zero-order valence-electron chi connectivity index (χ0n) is 12.8. The Hall–Kier alpha value is -2.19. The number of alkyl halides is 2. The van der Waals surface area contributed by atoms with Crippen molar-refractivity contribution in [1.29, 1.82) is 0 Å². The van der Waals surface area contributed by atoms with Crippen molar-refractivity contribution in [3.63, 3.8) is 0 Å². The van der Waals surface area contributed by atoms with E-state index in [1.807, 2.05) is 0 Å². The van der Waals surface area contributed by atoms with Gasteiger partial charge in [-0.15, -0.1) is 0 Å². The highest BCUT2D eigenvalue weighted by atomic mass is 35.5. The molecule has 10 heteroatoms. The van der Waals surface area contributed by atoms with Crippen LogP contribution in [0.15, 0.2) is 23.1 Å². The third-order valence-corrected chi connectivity index (χ3v) is 4.05. The van der Waals surface area contributed by atoms with Gasteiger partial charge in [0.1, 0.15) is 10.8 Å². The number of pyridine rings is 2. The number of nitrogens with zero attached hydrogens (tertiary/aromatic N) is 4. The van der Waals surface area contributed by atoms with E-state index in [0.717, 1.165) is 10.6 Å². The fourth-order valence-corrected chi connectivity index (χ4v) is 2.77. The minimum absolute atomic E-state index is 0.0446. The first-order valence-corrected chi connectivity index (χ1v) is 7.65.